The topological polar surface area (TPSA) is 116 Å². The highest BCUT2D eigenvalue weighted by Crippen LogP contribution is 2.30. The zero-order valence-electron chi connectivity index (χ0n) is 33.9. The molecular weight excluding hydrogens is 715 g/mol. The summed E-state index contributed by atoms with van der Waals surface area (Å²) in [7, 11) is -4.87. The fourth-order valence-electron chi connectivity index (χ4n) is 4.91. The van der Waals surface area contributed by atoms with Crippen molar-refractivity contribution in [2.75, 3.05) is 58.8 Å². The van der Waals surface area contributed by atoms with Crippen molar-refractivity contribution in [1.29, 1.82) is 0 Å². The third-order valence-corrected chi connectivity index (χ3v) is 13.0. The van der Waals surface area contributed by atoms with E-state index in [0.29, 0.717) is 24.7 Å². The quantitative estimate of drug-likeness (QED) is 0.0677. The van der Waals surface area contributed by atoms with E-state index in [1.54, 1.807) is 30.1 Å². The summed E-state index contributed by atoms with van der Waals surface area (Å²) in [5, 5.41) is 3.07. The molecule has 2 aromatic carbocycles. The molecule has 0 aliphatic heterocycles. The van der Waals surface area contributed by atoms with Crippen LogP contribution in [0.5, 0.6) is 5.75 Å². The second-order valence-corrected chi connectivity index (χ2v) is 30.3. The molecule has 296 valence electrons. The molecule has 0 saturated heterocycles. The highest BCUT2D eigenvalue weighted by Gasteiger charge is 2.32. The number of rotatable bonds is 23. The van der Waals surface area contributed by atoms with E-state index in [1.807, 2.05) is 65.0 Å². The van der Waals surface area contributed by atoms with E-state index in [1.165, 1.54) is 4.31 Å². The van der Waals surface area contributed by atoms with Crippen molar-refractivity contribution in [2.45, 2.75) is 109 Å². The van der Waals surface area contributed by atoms with Crippen LogP contribution in [0, 0.1) is 5.92 Å². The van der Waals surface area contributed by atoms with E-state index >= 15 is 0 Å². The van der Waals surface area contributed by atoms with Crippen molar-refractivity contribution in [3.05, 3.63) is 54.1 Å². The lowest BCUT2D eigenvalue weighted by Gasteiger charge is -2.33. The Kier molecular flexibility index (Phi) is 18.3. The molecule has 2 aromatic rings. The Bertz CT molecular complexity index is 1460. The van der Waals surface area contributed by atoms with Crippen LogP contribution >= 0.6 is 0 Å². The number of carbonyl (C=O) groups is 1. The molecule has 0 radical (unpaired) electrons. The van der Waals surface area contributed by atoms with Crippen molar-refractivity contribution >= 4 is 38.0 Å². The van der Waals surface area contributed by atoms with Gasteiger partial charge in [-0.05, 0) is 62.5 Å². The summed E-state index contributed by atoms with van der Waals surface area (Å²) in [6, 6.07) is 16.4. The van der Waals surface area contributed by atoms with Crippen LogP contribution in [-0.2, 0) is 35.5 Å². The molecule has 0 aliphatic carbocycles. The van der Waals surface area contributed by atoms with Crippen LogP contribution in [0.15, 0.2) is 53.4 Å². The highest BCUT2D eigenvalue weighted by atomic mass is 32.2. The molecule has 52 heavy (non-hydrogen) atoms. The Balaban J connectivity index is 2.40. The normalized spacial score (nSPS) is 13.3. The Labute approximate surface area is 316 Å². The smallest absolute Gasteiger partial charge is 0.410 e. The first-order valence-electron chi connectivity index (χ1n) is 18.3. The molecule has 0 aliphatic rings. The van der Waals surface area contributed by atoms with Crippen molar-refractivity contribution in [2.24, 2.45) is 5.92 Å². The van der Waals surface area contributed by atoms with Crippen LogP contribution in [-0.4, -0.2) is 105 Å². The molecule has 0 spiro atoms. The van der Waals surface area contributed by atoms with Crippen LogP contribution in [0.2, 0.25) is 51.4 Å². The minimum absolute atomic E-state index is 0.00869. The first-order valence-corrected chi connectivity index (χ1v) is 27.2. The zero-order chi connectivity index (χ0) is 39.2. The highest BCUT2D eigenvalue weighted by molar-refractivity contribution is 7.89. The first-order chi connectivity index (χ1) is 24.1. The largest absolute Gasteiger partial charge is 0.465 e. The molecule has 1 atom stereocenters. The van der Waals surface area contributed by atoms with Crippen molar-refractivity contribution in [1.82, 2.24) is 9.21 Å². The lowest BCUT2D eigenvalue weighted by Crippen LogP contribution is -2.47. The number of nitrogens with one attached hydrogen (secondary N) is 1. The van der Waals surface area contributed by atoms with Gasteiger partial charge in [0.1, 0.15) is 18.1 Å². The predicted octanol–water partition coefficient (Wildman–Crippen LogP) is 8.20. The predicted molar refractivity (Wildman–Crippen MR) is 216 cm³/mol. The van der Waals surface area contributed by atoms with E-state index in [-0.39, 0.29) is 50.6 Å². The lowest BCUT2D eigenvalue weighted by atomic mass is 10.2. The molecule has 0 bridgehead atoms. The number of hydrogen-bond acceptors (Lipinski definition) is 9. The standard InChI is InChI=1S/C38H67N3O8SSi2/c1-31(2)25-41(50(43,44)34-18-19-36(35(24-34)39-6)48-30-46-21-23-52(10,11)12)28-33(47-29-45-20-22-51(7,8)9)27-40(37(42)49-38(3,4)5)26-32-16-14-13-15-17-32/h13-19,24,31,33,39H,20-23,25-30H2,1-12H3/t33-/m1/s1. The monoisotopic (exact) mass is 781 g/mol. The molecule has 2 rings (SSSR count). The van der Waals surface area contributed by atoms with Crippen molar-refractivity contribution in [3.63, 3.8) is 0 Å². The molecule has 0 fully saturated rings. The number of anilines is 1. The number of amides is 1. The number of sulfonamides is 1. The summed E-state index contributed by atoms with van der Waals surface area (Å²) < 4.78 is 59.8. The summed E-state index contributed by atoms with van der Waals surface area (Å²) in [5.74, 6) is 0.504. The average molecular weight is 782 g/mol. The fourth-order valence-corrected chi connectivity index (χ4v) is 8.09. The van der Waals surface area contributed by atoms with E-state index in [0.717, 1.165) is 17.7 Å². The van der Waals surface area contributed by atoms with Crippen molar-refractivity contribution < 1.29 is 36.9 Å². The summed E-state index contributed by atoms with van der Waals surface area (Å²) in [4.78, 5) is 15.3. The average Bonchev–Trinajstić information content (AvgIpc) is 3.02. The Hall–Kier alpha value is -2.47. The minimum atomic E-state index is -4.02. The van der Waals surface area contributed by atoms with Gasteiger partial charge < -0.3 is 33.9 Å². The van der Waals surface area contributed by atoms with Gasteiger partial charge in [0.05, 0.1) is 23.2 Å². The molecule has 14 heteroatoms. The zero-order valence-corrected chi connectivity index (χ0v) is 36.7. The Morgan fingerprint density at radius 3 is 1.98 bits per heavy atom. The third kappa shape index (κ3) is 18.0. The summed E-state index contributed by atoms with van der Waals surface area (Å²) >= 11 is 0. The van der Waals surface area contributed by atoms with Gasteiger partial charge in [0.15, 0.2) is 6.79 Å². The van der Waals surface area contributed by atoms with Gasteiger partial charge in [0.25, 0.3) is 0 Å². The van der Waals surface area contributed by atoms with Gasteiger partial charge in [-0.3, -0.25) is 0 Å². The van der Waals surface area contributed by atoms with Gasteiger partial charge in [-0.15, -0.1) is 0 Å². The molecule has 0 aromatic heterocycles. The number of nitrogens with zero attached hydrogens (tertiary/aromatic N) is 2. The van der Waals surface area contributed by atoms with Crippen LogP contribution < -0.4 is 10.1 Å². The van der Waals surface area contributed by atoms with Gasteiger partial charge in [-0.1, -0.05) is 83.5 Å². The molecule has 0 saturated carbocycles. The fraction of sp³-hybridized carbons (Fsp3) is 0.658. The maximum atomic E-state index is 14.4. The second-order valence-electron chi connectivity index (χ2n) is 17.1. The van der Waals surface area contributed by atoms with Crippen molar-refractivity contribution in [3.8, 4) is 5.75 Å². The molecule has 0 heterocycles. The number of ether oxygens (including phenoxy) is 5. The third-order valence-electron chi connectivity index (χ3n) is 7.80. The first kappa shape index (κ1) is 45.7. The van der Waals surface area contributed by atoms with E-state index in [4.69, 9.17) is 23.7 Å². The maximum Gasteiger partial charge on any atom is 0.410 e. The van der Waals surface area contributed by atoms with Crippen LogP contribution in [0.3, 0.4) is 0 Å². The summed E-state index contributed by atoms with van der Waals surface area (Å²) in [5.41, 5.74) is 0.714. The Morgan fingerprint density at radius 2 is 1.44 bits per heavy atom. The van der Waals surface area contributed by atoms with Gasteiger partial charge in [-0.25, -0.2) is 13.2 Å². The molecule has 11 nitrogen and oxygen atoms in total. The maximum absolute atomic E-state index is 14.4. The summed E-state index contributed by atoms with van der Waals surface area (Å²) in [6.07, 6.45) is -1.24. The minimum Gasteiger partial charge on any atom is -0.465 e. The van der Waals surface area contributed by atoms with Gasteiger partial charge in [-0.2, -0.15) is 4.31 Å². The van der Waals surface area contributed by atoms with Gasteiger partial charge in [0, 0.05) is 56.0 Å². The number of carbonyl (C=O) groups excluding carboxylic acids is 1. The molecule has 1 amide bonds. The van der Waals surface area contributed by atoms with E-state index < -0.39 is 44.0 Å². The van der Waals surface area contributed by atoms with Crippen LogP contribution in [0.1, 0.15) is 40.2 Å². The van der Waals surface area contributed by atoms with E-state index in [2.05, 4.69) is 44.6 Å². The van der Waals surface area contributed by atoms with E-state index in [9.17, 15) is 13.2 Å². The van der Waals surface area contributed by atoms with Crippen LogP contribution in [0.4, 0.5) is 10.5 Å². The summed E-state index contributed by atoms with van der Waals surface area (Å²) in [6.45, 7) is 24.9. The lowest BCUT2D eigenvalue weighted by molar-refractivity contribution is -0.0979. The SMILES string of the molecule is CNc1cc(S(=O)(=O)N(CC(C)C)C[C@@H](CN(Cc2ccccc2)C(=O)OC(C)(C)C)OCOCC[Si](C)(C)C)ccc1OCOCC[Si](C)(C)C. The number of benzene rings is 2. The Morgan fingerprint density at radius 1 is 0.846 bits per heavy atom. The van der Waals surface area contributed by atoms with Crippen LogP contribution in [0.25, 0.3) is 0 Å². The molecule has 1 N–H and O–H groups in total. The molecule has 0 unspecified atom stereocenters. The van der Waals surface area contributed by atoms with Gasteiger partial charge >= 0.3 is 6.09 Å². The molecular formula is C38H67N3O8SSi2. The second kappa shape index (κ2) is 20.8. The number of hydrogen-bond donors (Lipinski definition) is 1. The van der Waals surface area contributed by atoms with Gasteiger partial charge in [0.2, 0.25) is 10.0 Å².